The summed E-state index contributed by atoms with van der Waals surface area (Å²) in [5, 5.41) is 8.30. The van der Waals surface area contributed by atoms with Gasteiger partial charge in [-0.2, -0.15) is 0 Å². The van der Waals surface area contributed by atoms with Gasteiger partial charge >= 0.3 is 0 Å². The molecule has 3 heterocycles. The number of piperazine rings is 1. The van der Waals surface area contributed by atoms with Crippen LogP contribution in [0.1, 0.15) is 6.92 Å². The Morgan fingerprint density at radius 1 is 1.25 bits per heavy atom. The molecule has 0 atom stereocenters. The predicted octanol–water partition coefficient (Wildman–Crippen LogP) is 0.815. The van der Waals surface area contributed by atoms with Gasteiger partial charge in [0.1, 0.15) is 0 Å². The number of rotatable bonds is 2. The highest BCUT2D eigenvalue weighted by Crippen LogP contribution is 2.29. The van der Waals surface area contributed by atoms with Crippen LogP contribution in [0.25, 0.3) is 0 Å². The fraction of sp³-hybridized carbons (Fsp3) is 0.615. The summed E-state index contributed by atoms with van der Waals surface area (Å²) < 4.78 is 5.16. The number of anilines is 1. The molecule has 2 saturated heterocycles. The number of ether oxygens (including phenoxy) is 1. The first-order valence-electron chi connectivity index (χ1n) is 6.70. The Hall–Kier alpha value is -1.40. The first-order chi connectivity index (χ1) is 9.58. The van der Waals surface area contributed by atoms with Gasteiger partial charge in [-0.15, -0.1) is 10.2 Å². The highest BCUT2D eigenvalue weighted by Gasteiger charge is 2.44. The first-order valence-corrected chi connectivity index (χ1v) is 7.08. The summed E-state index contributed by atoms with van der Waals surface area (Å²) in [6.07, 6.45) is 0. The molecular formula is C13H17ClN4O2. The molecule has 1 amide bonds. The molecule has 0 radical (unpaired) electrons. The largest absolute Gasteiger partial charge is 0.379 e. The third-order valence-electron chi connectivity index (χ3n) is 3.87. The zero-order valence-corrected chi connectivity index (χ0v) is 12.1. The number of halogens is 1. The molecule has 6 nitrogen and oxygen atoms in total. The van der Waals surface area contributed by atoms with Gasteiger partial charge in [0.05, 0.1) is 18.6 Å². The van der Waals surface area contributed by atoms with Crippen LogP contribution in [-0.4, -0.2) is 60.4 Å². The van der Waals surface area contributed by atoms with Crippen molar-refractivity contribution in [3.63, 3.8) is 0 Å². The second kappa shape index (κ2) is 5.18. The molecule has 108 valence electrons. The highest BCUT2D eigenvalue weighted by atomic mass is 35.5. The van der Waals surface area contributed by atoms with Gasteiger partial charge in [-0.25, -0.2) is 0 Å². The quantitative estimate of drug-likeness (QED) is 0.808. The normalized spacial score (nSPS) is 21.5. The molecule has 0 spiro atoms. The third kappa shape index (κ3) is 2.45. The Morgan fingerprint density at radius 3 is 2.45 bits per heavy atom. The van der Waals surface area contributed by atoms with Gasteiger partial charge in [-0.05, 0) is 19.1 Å². The minimum absolute atomic E-state index is 0.200. The maximum atomic E-state index is 12.4. The van der Waals surface area contributed by atoms with E-state index in [4.69, 9.17) is 16.3 Å². The molecule has 20 heavy (non-hydrogen) atoms. The van der Waals surface area contributed by atoms with Crippen LogP contribution in [0.5, 0.6) is 0 Å². The Labute approximate surface area is 122 Å². The van der Waals surface area contributed by atoms with Crippen molar-refractivity contribution in [2.75, 3.05) is 44.3 Å². The van der Waals surface area contributed by atoms with Gasteiger partial charge in [0, 0.05) is 26.2 Å². The molecule has 0 unspecified atom stereocenters. The van der Waals surface area contributed by atoms with Crippen molar-refractivity contribution in [3.05, 3.63) is 17.3 Å². The molecule has 1 aromatic rings. The van der Waals surface area contributed by atoms with E-state index in [1.54, 1.807) is 6.07 Å². The van der Waals surface area contributed by atoms with Gasteiger partial charge in [0.2, 0.25) is 5.91 Å². The molecular weight excluding hydrogens is 280 g/mol. The lowest BCUT2D eigenvalue weighted by atomic mass is 9.86. The van der Waals surface area contributed by atoms with Gasteiger partial charge in [-0.1, -0.05) is 11.6 Å². The number of hydrogen-bond acceptors (Lipinski definition) is 5. The summed E-state index contributed by atoms with van der Waals surface area (Å²) in [7, 11) is 0. The summed E-state index contributed by atoms with van der Waals surface area (Å²) in [6.45, 7) is 5.98. The second-order valence-corrected chi connectivity index (χ2v) is 5.93. The van der Waals surface area contributed by atoms with Gasteiger partial charge in [0.15, 0.2) is 11.0 Å². The van der Waals surface area contributed by atoms with Crippen LogP contribution in [0.15, 0.2) is 12.1 Å². The fourth-order valence-corrected chi connectivity index (χ4v) is 2.63. The number of aromatic nitrogens is 2. The number of carbonyl (C=O) groups excluding carboxylic acids is 1. The summed E-state index contributed by atoms with van der Waals surface area (Å²) in [6, 6.07) is 3.59. The summed E-state index contributed by atoms with van der Waals surface area (Å²) in [5.41, 5.74) is -0.317. The van der Waals surface area contributed by atoms with Crippen molar-refractivity contribution in [2.24, 2.45) is 5.41 Å². The molecule has 2 aliphatic rings. The lowest BCUT2D eigenvalue weighted by Gasteiger charge is -2.43. The van der Waals surface area contributed by atoms with Crippen LogP contribution in [0.3, 0.4) is 0 Å². The van der Waals surface area contributed by atoms with Crippen molar-refractivity contribution in [3.8, 4) is 0 Å². The minimum Gasteiger partial charge on any atom is -0.379 e. The molecule has 0 saturated carbocycles. The summed E-state index contributed by atoms with van der Waals surface area (Å²) in [4.78, 5) is 16.4. The van der Waals surface area contributed by atoms with E-state index in [1.165, 1.54) is 0 Å². The van der Waals surface area contributed by atoms with Crippen molar-refractivity contribution < 1.29 is 9.53 Å². The van der Waals surface area contributed by atoms with Gasteiger partial charge in [-0.3, -0.25) is 4.79 Å². The van der Waals surface area contributed by atoms with Crippen molar-refractivity contribution in [1.82, 2.24) is 15.1 Å². The van der Waals surface area contributed by atoms with E-state index < -0.39 is 0 Å². The van der Waals surface area contributed by atoms with Crippen molar-refractivity contribution in [1.29, 1.82) is 0 Å². The average molecular weight is 297 g/mol. The SMILES string of the molecule is CC1(C(=O)N2CCN(c3ccc(Cl)nn3)CC2)COC1. The maximum absolute atomic E-state index is 12.4. The molecule has 2 fully saturated rings. The minimum atomic E-state index is -0.317. The molecule has 7 heteroatoms. The van der Waals surface area contributed by atoms with Gasteiger partial charge < -0.3 is 14.5 Å². The lowest BCUT2D eigenvalue weighted by molar-refractivity contribution is -0.169. The Bertz CT molecular complexity index is 496. The zero-order chi connectivity index (χ0) is 14.2. The number of amides is 1. The number of carbonyl (C=O) groups is 1. The number of hydrogen-bond donors (Lipinski definition) is 0. The topological polar surface area (TPSA) is 58.6 Å². The van der Waals surface area contributed by atoms with Crippen LogP contribution in [0.2, 0.25) is 5.15 Å². The molecule has 3 rings (SSSR count). The van der Waals surface area contributed by atoms with Crippen molar-refractivity contribution in [2.45, 2.75) is 6.92 Å². The molecule has 0 aliphatic carbocycles. The Kier molecular flexibility index (Phi) is 3.52. The second-order valence-electron chi connectivity index (χ2n) is 5.55. The van der Waals surface area contributed by atoms with Crippen LogP contribution in [0.4, 0.5) is 5.82 Å². The predicted molar refractivity (Wildman–Crippen MR) is 74.8 cm³/mol. The van der Waals surface area contributed by atoms with Crippen LogP contribution < -0.4 is 4.90 Å². The summed E-state index contributed by atoms with van der Waals surface area (Å²) in [5.74, 6) is 1.00. The monoisotopic (exact) mass is 296 g/mol. The van der Waals surface area contributed by atoms with Crippen LogP contribution >= 0.6 is 11.6 Å². The molecule has 0 aromatic carbocycles. The van der Waals surface area contributed by atoms with Crippen LogP contribution in [0, 0.1) is 5.41 Å². The van der Waals surface area contributed by atoms with Crippen LogP contribution in [-0.2, 0) is 9.53 Å². The standard InChI is InChI=1S/C13H17ClN4O2/c1-13(8-20-9-13)12(19)18-6-4-17(5-7-18)11-3-2-10(14)15-16-11/h2-3H,4-9H2,1H3. The smallest absolute Gasteiger partial charge is 0.233 e. The molecule has 1 aromatic heterocycles. The maximum Gasteiger partial charge on any atom is 0.233 e. The van der Waals surface area contributed by atoms with E-state index >= 15 is 0 Å². The highest BCUT2D eigenvalue weighted by molar-refractivity contribution is 6.29. The first kappa shape index (κ1) is 13.6. The van der Waals surface area contributed by atoms with Crippen molar-refractivity contribution >= 4 is 23.3 Å². The Morgan fingerprint density at radius 2 is 1.95 bits per heavy atom. The lowest BCUT2D eigenvalue weighted by Crippen LogP contribution is -2.58. The van der Waals surface area contributed by atoms with E-state index in [0.29, 0.717) is 31.5 Å². The van der Waals surface area contributed by atoms with Gasteiger partial charge in [0.25, 0.3) is 0 Å². The molecule has 0 bridgehead atoms. The van der Waals surface area contributed by atoms with E-state index in [2.05, 4.69) is 15.1 Å². The summed E-state index contributed by atoms with van der Waals surface area (Å²) >= 11 is 5.73. The van der Waals surface area contributed by atoms with E-state index in [0.717, 1.165) is 18.9 Å². The third-order valence-corrected chi connectivity index (χ3v) is 4.07. The van der Waals surface area contributed by atoms with E-state index in [-0.39, 0.29) is 11.3 Å². The zero-order valence-electron chi connectivity index (χ0n) is 11.4. The van der Waals surface area contributed by atoms with E-state index in [1.807, 2.05) is 17.9 Å². The average Bonchev–Trinajstić information content (AvgIpc) is 2.45. The fourth-order valence-electron chi connectivity index (χ4n) is 2.53. The number of nitrogens with zero attached hydrogens (tertiary/aromatic N) is 4. The Balaban J connectivity index is 1.59. The molecule has 0 N–H and O–H groups in total. The molecule has 2 aliphatic heterocycles. The van der Waals surface area contributed by atoms with E-state index in [9.17, 15) is 4.79 Å².